The third-order valence-electron chi connectivity index (χ3n) is 4.72. The number of hydrogen-bond acceptors (Lipinski definition) is 3. The van der Waals surface area contributed by atoms with Crippen molar-refractivity contribution < 1.29 is 13.2 Å². The fourth-order valence-electron chi connectivity index (χ4n) is 2.77. The smallest absolute Gasteiger partial charge is 0.261 e. The van der Waals surface area contributed by atoms with Crippen LogP contribution in [0, 0.1) is 20.8 Å². The Bertz CT molecular complexity index is 1170. The van der Waals surface area contributed by atoms with Crippen molar-refractivity contribution >= 4 is 38.9 Å². The summed E-state index contributed by atoms with van der Waals surface area (Å²) in [7, 11) is -3.81. The highest BCUT2D eigenvalue weighted by molar-refractivity contribution is 7.92. The maximum atomic E-state index is 12.7. The second kappa shape index (κ2) is 8.27. The highest BCUT2D eigenvalue weighted by Gasteiger charge is 2.17. The lowest BCUT2D eigenvalue weighted by Gasteiger charge is -2.14. The van der Waals surface area contributed by atoms with Gasteiger partial charge >= 0.3 is 0 Å². The third-order valence-corrected chi connectivity index (χ3v) is 6.35. The van der Waals surface area contributed by atoms with Crippen molar-refractivity contribution in [2.24, 2.45) is 0 Å². The first-order valence-corrected chi connectivity index (χ1v) is 10.8. The van der Waals surface area contributed by atoms with Crippen molar-refractivity contribution in [3.05, 3.63) is 87.9 Å². The number of sulfonamides is 1. The highest BCUT2D eigenvalue weighted by Crippen LogP contribution is 2.24. The molecule has 2 N–H and O–H groups in total. The van der Waals surface area contributed by atoms with Crippen molar-refractivity contribution in [2.45, 2.75) is 25.7 Å². The zero-order chi connectivity index (χ0) is 21.2. The number of carbonyl (C=O) groups is 1. The number of carbonyl (C=O) groups excluding carboxylic acids is 1. The molecule has 0 heterocycles. The number of nitrogens with one attached hydrogen (secondary N) is 2. The molecule has 0 fully saturated rings. The van der Waals surface area contributed by atoms with Gasteiger partial charge in [0.15, 0.2) is 0 Å². The van der Waals surface area contributed by atoms with E-state index in [2.05, 4.69) is 10.0 Å². The van der Waals surface area contributed by atoms with E-state index >= 15 is 0 Å². The number of amides is 1. The SMILES string of the molecule is Cc1ccc(C(=O)Nc2cccc(C)c2C)cc1NS(=O)(=O)c1ccc(Cl)cc1. The van der Waals surface area contributed by atoms with Gasteiger partial charge in [-0.2, -0.15) is 0 Å². The van der Waals surface area contributed by atoms with Crippen molar-refractivity contribution in [1.82, 2.24) is 0 Å². The fraction of sp³-hybridized carbons (Fsp3) is 0.136. The molecule has 7 heteroatoms. The van der Waals surface area contributed by atoms with Gasteiger partial charge in [-0.05, 0) is 79.9 Å². The fourth-order valence-corrected chi connectivity index (χ4v) is 4.02. The Balaban J connectivity index is 1.87. The second-order valence-corrected chi connectivity index (χ2v) is 8.91. The lowest BCUT2D eigenvalue weighted by atomic mass is 10.1. The van der Waals surface area contributed by atoms with Gasteiger partial charge in [0.25, 0.3) is 15.9 Å². The van der Waals surface area contributed by atoms with Gasteiger partial charge in [-0.1, -0.05) is 29.8 Å². The first-order chi connectivity index (χ1) is 13.7. The van der Waals surface area contributed by atoms with E-state index in [1.165, 1.54) is 30.3 Å². The second-order valence-electron chi connectivity index (χ2n) is 6.79. The number of anilines is 2. The van der Waals surface area contributed by atoms with E-state index in [4.69, 9.17) is 11.6 Å². The molecule has 29 heavy (non-hydrogen) atoms. The molecule has 3 aromatic carbocycles. The molecule has 0 aliphatic rings. The van der Waals surface area contributed by atoms with Crippen LogP contribution in [0.5, 0.6) is 0 Å². The summed E-state index contributed by atoms with van der Waals surface area (Å²) in [5.74, 6) is -0.314. The number of rotatable bonds is 5. The summed E-state index contributed by atoms with van der Waals surface area (Å²) in [6, 6.07) is 16.5. The molecular weight excluding hydrogens is 408 g/mol. The van der Waals surface area contributed by atoms with Crippen LogP contribution in [0.3, 0.4) is 0 Å². The van der Waals surface area contributed by atoms with Crippen molar-refractivity contribution in [1.29, 1.82) is 0 Å². The quantitative estimate of drug-likeness (QED) is 0.577. The average molecular weight is 429 g/mol. The molecule has 0 saturated carbocycles. The zero-order valence-electron chi connectivity index (χ0n) is 16.3. The molecule has 0 bridgehead atoms. The Morgan fingerprint density at radius 3 is 2.24 bits per heavy atom. The predicted molar refractivity (Wildman–Crippen MR) is 117 cm³/mol. The maximum absolute atomic E-state index is 12.7. The molecule has 0 aliphatic carbocycles. The van der Waals surface area contributed by atoms with Gasteiger partial charge in [0.1, 0.15) is 0 Å². The molecule has 0 radical (unpaired) electrons. The summed E-state index contributed by atoms with van der Waals surface area (Å²) in [6.45, 7) is 5.68. The van der Waals surface area contributed by atoms with Crippen molar-refractivity contribution in [3.8, 4) is 0 Å². The van der Waals surface area contributed by atoms with Gasteiger partial charge in [-0.3, -0.25) is 9.52 Å². The normalized spacial score (nSPS) is 11.2. The lowest BCUT2D eigenvalue weighted by Crippen LogP contribution is -2.16. The molecule has 1 amide bonds. The van der Waals surface area contributed by atoms with Crippen LogP contribution in [-0.2, 0) is 10.0 Å². The minimum atomic E-state index is -3.81. The topological polar surface area (TPSA) is 75.3 Å². The molecule has 0 spiro atoms. The molecule has 5 nitrogen and oxygen atoms in total. The minimum Gasteiger partial charge on any atom is -0.322 e. The van der Waals surface area contributed by atoms with Gasteiger partial charge in [0, 0.05) is 16.3 Å². The van der Waals surface area contributed by atoms with Gasteiger partial charge in [0.05, 0.1) is 10.6 Å². The molecule has 3 aromatic rings. The van der Waals surface area contributed by atoms with E-state index in [1.807, 2.05) is 32.0 Å². The molecule has 150 valence electrons. The standard InChI is InChI=1S/C22H21ClN2O3S/c1-14-5-4-6-20(16(14)3)24-22(26)17-8-7-15(2)21(13-17)25-29(27,28)19-11-9-18(23)10-12-19/h4-13,25H,1-3H3,(H,24,26). The van der Waals surface area contributed by atoms with Crippen LogP contribution >= 0.6 is 11.6 Å². The van der Waals surface area contributed by atoms with Gasteiger partial charge in [-0.25, -0.2) is 8.42 Å². The van der Waals surface area contributed by atoms with E-state index in [9.17, 15) is 13.2 Å². The van der Waals surface area contributed by atoms with E-state index in [-0.39, 0.29) is 10.8 Å². The Labute approximate surface area is 175 Å². The average Bonchev–Trinajstić information content (AvgIpc) is 2.67. The monoisotopic (exact) mass is 428 g/mol. The summed E-state index contributed by atoms with van der Waals surface area (Å²) >= 11 is 5.83. The van der Waals surface area contributed by atoms with E-state index in [0.29, 0.717) is 21.8 Å². The third kappa shape index (κ3) is 4.78. The van der Waals surface area contributed by atoms with Gasteiger partial charge in [-0.15, -0.1) is 0 Å². The van der Waals surface area contributed by atoms with E-state index < -0.39 is 10.0 Å². The van der Waals surface area contributed by atoms with Crippen LogP contribution in [0.25, 0.3) is 0 Å². The van der Waals surface area contributed by atoms with Gasteiger partial charge < -0.3 is 5.32 Å². The summed E-state index contributed by atoms with van der Waals surface area (Å²) in [4.78, 5) is 12.8. The number of aryl methyl sites for hydroxylation is 2. The van der Waals surface area contributed by atoms with Crippen molar-refractivity contribution in [3.63, 3.8) is 0 Å². The molecule has 0 saturated heterocycles. The first kappa shape index (κ1) is 20.9. The van der Waals surface area contributed by atoms with Gasteiger partial charge in [0.2, 0.25) is 0 Å². The zero-order valence-corrected chi connectivity index (χ0v) is 17.9. The molecule has 0 aromatic heterocycles. The van der Waals surface area contributed by atoms with Crippen LogP contribution in [0.15, 0.2) is 65.6 Å². The molecule has 3 rings (SSSR count). The Hall–Kier alpha value is -2.83. The Kier molecular flexibility index (Phi) is 5.96. The number of halogens is 1. The van der Waals surface area contributed by atoms with Crippen LogP contribution in [0.1, 0.15) is 27.0 Å². The number of benzene rings is 3. The van der Waals surface area contributed by atoms with E-state index in [1.54, 1.807) is 19.1 Å². The highest BCUT2D eigenvalue weighted by atomic mass is 35.5. The minimum absolute atomic E-state index is 0.0894. The van der Waals surface area contributed by atoms with Crippen LogP contribution in [0.2, 0.25) is 5.02 Å². The predicted octanol–water partition coefficient (Wildman–Crippen LogP) is 5.32. The molecule has 0 atom stereocenters. The lowest BCUT2D eigenvalue weighted by molar-refractivity contribution is 0.102. The summed E-state index contributed by atoms with van der Waals surface area (Å²) in [5.41, 5.74) is 4.17. The van der Waals surface area contributed by atoms with Crippen LogP contribution in [0.4, 0.5) is 11.4 Å². The molecule has 0 unspecified atom stereocenters. The summed E-state index contributed by atoms with van der Waals surface area (Å²) < 4.78 is 27.9. The maximum Gasteiger partial charge on any atom is 0.261 e. The molecule has 0 aliphatic heterocycles. The Morgan fingerprint density at radius 2 is 1.55 bits per heavy atom. The summed E-state index contributed by atoms with van der Waals surface area (Å²) in [6.07, 6.45) is 0. The molecular formula is C22H21ClN2O3S. The number of hydrogen-bond donors (Lipinski definition) is 2. The Morgan fingerprint density at radius 1 is 0.862 bits per heavy atom. The first-order valence-electron chi connectivity index (χ1n) is 8.94. The van der Waals surface area contributed by atoms with Crippen molar-refractivity contribution in [2.75, 3.05) is 10.0 Å². The van der Waals surface area contributed by atoms with Crippen LogP contribution < -0.4 is 10.0 Å². The summed E-state index contributed by atoms with van der Waals surface area (Å²) in [5, 5.41) is 3.33. The largest absolute Gasteiger partial charge is 0.322 e. The van der Waals surface area contributed by atoms with Crippen LogP contribution in [-0.4, -0.2) is 14.3 Å². The van der Waals surface area contributed by atoms with E-state index in [0.717, 1.165) is 16.8 Å².